The minimum atomic E-state index is -0.644. The number of rotatable bonds is 11. The molecule has 0 radical (unpaired) electrons. The molecule has 0 spiro atoms. The lowest BCUT2D eigenvalue weighted by Gasteiger charge is -2.27. The summed E-state index contributed by atoms with van der Waals surface area (Å²) < 4.78 is 4.71. The molecule has 2 aliphatic rings. The van der Waals surface area contributed by atoms with Gasteiger partial charge < -0.3 is 29.8 Å². The standard InChI is InChI=1S/C40H44N8O4/c1-3-31(46-40(51)52-2)39(50)48-22-6-9-35(48)38-43-25-33(45-38)30-17-13-28(14-18-30)27-11-15-29(16-12-27)32-24-42-37(44-32)34-8-5-21-47(34)36(49)19-10-26-7-4-20-41-23-26/h4,7,11-18,20,23-25,31,34-35H,3,5-6,8-10,19,21-22H2,1-2H3,(H,42,44)(H,43,45)(H,46,51)/t31-,34-,35-/m0/s1. The lowest BCUT2D eigenvalue weighted by molar-refractivity contribution is -0.134. The lowest BCUT2D eigenvalue weighted by Crippen LogP contribution is -2.48. The van der Waals surface area contributed by atoms with E-state index in [9.17, 15) is 14.4 Å². The first-order chi connectivity index (χ1) is 25.4. The van der Waals surface area contributed by atoms with Gasteiger partial charge in [0.15, 0.2) is 0 Å². The fraction of sp³-hybridized carbons (Fsp3) is 0.350. The van der Waals surface area contributed by atoms with E-state index in [1.54, 1.807) is 11.1 Å². The zero-order valence-electron chi connectivity index (χ0n) is 29.5. The predicted molar refractivity (Wildman–Crippen MR) is 197 cm³/mol. The highest BCUT2D eigenvalue weighted by atomic mass is 16.5. The molecule has 5 heterocycles. The van der Waals surface area contributed by atoms with E-state index in [1.807, 2.05) is 42.5 Å². The van der Waals surface area contributed by atoms with E-state index >= 15 is 0 Å². The maximum Gasteiger partial charge on any atom is 0.407 e. The quantitative estimate of drug-likeness (QED) is 0.140. The summed E-state index contributed by atoms with van der Waals surface area (Å²) in [5.74, 6) is 1.59. The van der Waals surface area contributed by atoms with Crippen LogP contribution >= 0.6 is 0 Å². The van der Waals surface area contributed by atoms with Gasteiger partial charge in [0.2, 0.25) is 11.8 Å². The maximum atomic E-state index is 13.3. The van der Waals surface area contributed by atoms with Crippen molar-refractivity contribution in [2.24, 2.45) is 0 Å². The second kappa shape index (κ2) is 15.6. The molecule has 3 atom stereocenters. The van der Waals surface area contributed by atoms with Gasteiger partial charge in [0.05, 0.1) is 43.0 Å². The second-order valence-corrected chi connectivity index (χ2v) is 13.4. The minimum absolute atomic E-state index is 0.0396. The molecular formula is C40H44N8O4. The molecule has 3 aromatic heterocycles. The molecular weight excluding hydrogens is 656 g/mol. The molecule has 12 heteroatoms. The van der Waals surface area contributed by atoms with Crippen LogP contribution in [-0.2, 0) is 20.7 Å². The maximum absolute atomic E-state index is 13.3. The number of nitrogens with zero attached hydrogens (tertiary/aromatic N) is 5. The van der Waals surface area contributed by atoms with E-state index in [4.69, 9.17) is 9.72 Å². The largest absolute Gasteiger partial charge is 0.453 e. The number of likely N-dealkylation sites (tertiary alicyclic amines) is 2. The number of H-pyrrole nitrogens is 2. The molecule has 3 amide bonds. The molecule has 2 aliphatic heterocycles. The highest BCUT2D eigenvalue weighted by Crippen LogP contribution is 2.34. The molecule has 5 aromatic rings. The number of aromatic amines is 2. The van der Waals surface area contributed by atoms with Crippen LogP contribution in [0.2, 0.25) is 0 Å². The average Bonchev–Trinajstić information content (AvgIpc) is 4.03. The third-order valence-corrected chi connectivity index (χ3v) is 10.2. The van der Waals surface area contributed by atoms with Gasteiger partial charge in [-0.3, -0.25) is 14.6 Å². The first-order valence-corrected chi connectivity index (χ1v) is 18.1. The van der Waals surface area contributed by atoms with Crippen molar-refractivity contribution in [1.82, 2.24) is 40.0 Å². The van der Waals surface area contributed by atoms with E-state index in [0.717, 1.165) is 83.1 Å². The summed E-state index contributed by atoms with van der Waals surface area (Å²) >= 11 is 0. The Kier molecular flexibility index (Phi) is 10.4. The van der Waals surface area contributed by atoms with Crippen molar-refractivity contribution in [3.63, 3.8) is 0 Å². The number of benzene rings is 2. The number of nitrogens with one attached hydrogen (secondary N) is 3. The van der Waals surface area contributed by atoms with Crippen molar-refractivity contribution in [2.45, 2.75) is 70.0 Å². The summed E-state index contributed by atoms with van der Waals surface area (Å²) in [6.07, 6.45) is 11.8. The van der Waals surface area contributed by atoms with E-state index in [0.29, 0.717) is 25.8 Å². The number of hydrogen-bond acceptors (Lipinski definition) is 7. The van der Waals surface area contributed by atoms with Crippen LogP contribution in [0.3, 0.4) is 0 Å². The van der Waals surface area contributed by atoms with Crippen LogP contribution in [0.25, 0.3) is 33.6 Å². The fourth-order valence-corrected chi connectivity index (χ4v) is 7.33. The highest BCUT2D eigenvalue weighted by molar-refractivity contribution is 5.86. The van der Waals surface area contributed by atoms with Crippen molar-refractivity contribution in [3.05, 3.63) is 103 Å². The van der Waals surface area contributed by atoms with Crippen molar-refractivity contribution >= 4 is 17.9 Å². The van der Waals surface area contributed by atoms with Gasteiger partial charge in [-0.2, -0.15) is 0 Å². The van der Waals surface area contributed by atoms with Crippen LogP contribution in [0.4, 0.5) is 4.79 Å². The summed E-state index contributed by atoms with van der Waals surface area (Å²) in [6, 6.07) is 19.8. The highest BCUT2D eigenvalue weighted by Gasteiger charge is 2.36. The van der Waals surface area contributed by atoms with Crippen LogP contribution < -0.4 is 5.32 Å². The van der Waals surface area contributed by atoms with E-state index in [2.05, 4.69) is 73.8 Å². The summed E-state index contributed by atoms with van der Waals surface area (Å²) in [7, 11) is 1.29. The molecule has 2 saturated heterocycles. The molecule has 268 valence electrons. The lowest BCUT2D eigenvalue weighted by atomic mass is 10.0. The van der Waals surface area contributed by atoms with Gasteiger partial charge in [-0.1, -0.05) is 61.5 Å². The number of amides is 3. The first kappa shape index (κ1) is 34.7. The molecule has 0 aliphatic carbocycles. The molecule has 2 fully saturated rings. The molecule has 7 rings (SSSR count). The van der Waals surface area contributed by atoms with Crippen LogP contribution in [0.15, 0.2) is 85.5 Å². The van der Waals surface area contributed by atoms with Crippen LogP contribution in [0.1, 0.15) is 74.7 Å². The summed E-state index contributed by atoms with van der Waals surface area (Å²) in [6.45, 7) is 3.23. The number of alkyl carbamates (subject to hydrolysis) is 1. The summed E-state index contributed by atoms with van der Waals surface area (Å²) in [4.78, 5) is 62.5. The number of carbonyl (C=O) groups is 3. The number of carbonyl (C=O) groups excluding carboxylic acids is 3. The zero-order chi connectivity index (χ0) is 36.0. The molecule has 52 heavy (non-hydrogen) atoms. The van der Waals surface area contributed by atoms with Gasteiger partial charge in [-0.25, -0.2) is 14.8 Å². The van der Waals surface area contributed by atoms with E-state index < -0.39 is 12.1 Å². The van der Waals surface area contributed by atoms with Crippen LogP contribution in [-0.4, -0.2) is 78.9 Å². The predicted octanol–water partition coefficient (Wildman–Crippen LogP) is 6.62. The topological polar surface area (TPSA) is 149 Å². The monoisotopic (exact) mass is 700 g/mol. The minimum Gasteiger partial charge on any atom is -0.453 e. The van der Waals surface area contributed by atoms with Crippen molar-refractivity contribution in [3.8, 4) is 33.6 Å². The second-order valence-electron chi connectivity index (χ2n) is 13.4. The van der Waals surface area contributed by atoms with Gasteiger partial charge in [0.25, 0.3) is 0 Å². The number of hydrogen-bond donors (Lipinski definition) is 3. The van der Waals surface area contributed by atoms with Gasteiger partial charge in [-0.15, -0.1) is 0 Å². The molecule has 0 unspecified atom stereocenters. The Hall–Kier alpha value is -5.78. The fourth-order valence-electron chi connectivity index (χ4n) is 7.33. The van der Waals surface area contributed by atoms with Gasteiger partial charge in [-0.05, 0) is 72.4 Å². The number of ether oxygens (including phenoxy) is 1. The Morgan fingerprint density at radius 1 is 0.808 bits per heavy atom. The Labute approximate surface area is 303 Å². The smallest absolute Gasteiger partial charge is 0.407 e. The number of imidazole rings is 2. The van der Waals surface area contributed by atoms with Crippen molar-refractivity contribution < 1.29 is 19.1 Å². The van der Waals surface area contributed by atoms with Crippen LogP contribution in [0.5, 0.6) is 0 Å². The normalized spacial score (nSPS) is 17.7. The van der Waals surface area contributed by atoms with E-state index in [-0.39, 0.29) is 23.9 Å². The number of aryl methyl sites for hydroxylation is 1. The Morgan fingerprint density at radius 3 is 1.90 bits per heavy atom. The number of methoxy groups -OCH3 is 1. The third kappa shape index (κ3) is 7.46. The summed E-state index contributed by atoms with van der Waals surface area (Å²) in [5.41, 5.74) is 7.07. The SMILES string of the molecule is CC[C@H](NC(=O)OC)C(=O)N1CCC[C@H]1c1ncc(-c2ccc(-c3ccc(-c4cnc([C@@H]5CCCN5C(=O)CCc5cccnc5)[nH]4)cc3)cc2)[nH]1. The van der Waals surface area contributed by atoms with Crippen molar-refractivity contribution in [2.75, 3.05) is 20.2 Å². The Balaban J connectivity index is 0.977. The Morgan fingerprint density at radius 2 is 1.37 bits per heavy atom. The summed E-state index contributed by atoms with van der Waals surface area (Å²) in [5, 5.41) is 2.65. The molecule has 12 nitrogen and oxygen atoms in total. The average molecular weight is 701 g/mol. The molecule has 3 N–H and O–H groups in total. The molecule has 0 bridgehead atoms. The zero-order valence-corrected chi connectivity index (χ0v) is 29.5. The van der Waals surface area contributed by atoms with E-state index in [1.165, 1.54) is 7.11 Å². The molecule has 0 saturated carbocycles. The first-order valence-electron chi connectivity index (χ1n) is 18.1. The Bertz CT molecular complexity index is 1990. The number of pyridine rings is 1. The van der Waals surface area contributed by atoms with Crippen molar-refractivity contribution in [1.29, 1.82) is 0 Å². The van der Waals surface area contributed by atoms with Gasteiger partial charge >= 0.3 is 6.09 Å². The van der Waals surface area contributed by atoms with Gasteiger partial charge in [0, 0.05) is 31.9 Å². The van der Waals surface area contributed by atoms with Crippen LogP contribution in [0, 0.1) is 0 Å². The van der Waals surface area contributed by atoms with Gasteiger partial charge in [0.1, 0.15) is 17.7 Å². The third-order valence-electron chi connectivity index (χ3n) is 10.2. The number of aromatic nitrogens is 5. The molecule has 2 aromatic carbocycles.